The molecule has 0 saturated heterocycles. The molecule has 0 bridgehead atoms. The van der Waals surface area contributed by atoms with Crippen molar-refractivity contribution >= 4 is 22.5 Å². The molecule has 0 aliphatic heterocycles. The van der Waals surface area contributed by atoms with Crippen LogP contribution in [0, 0.1) is 17.1 Å². The van der Waals surface area contributed by atoms with Gasteiger partial charge in [-0.15, -0.1) is 0 Å². The highest BCUT2D eigenvalue weighted by Crippen LogP contribution is 2.25. The fourth-order valence-electron chi connectivity index (χ4n) is 3.07. The number of hydrogen-bond acceptors (Lipinski definition) is 4. The maximum absolute atomic E-state index is 13.1. The van der Waals surface area contributed by atoms with Gasteiger partial charge in [0.25, 0.3) is 11.5 Å². The van der Waals surface area contributed by atoms with Gasteiger partial charge in [-0.25, -0.2) is 9.37 Å². The number of nitriles is 1. The molecule has 2 aromatic heterocycles. The number of aromatic nitrogens is 3. The fraction of sp³-hybridized carbons (Fsp3) is 0.0476. The summed E-state index contributed by atoms with van der Waals surface area (Å²) in [7, 11) is 0. The van der Waals surface area contributed by atoms with Crippen LogP contribution < -0.4 is 10.9 Å². The number of nitrogens with zero attached hydrogens (tertiary/aromatic N) is 3. The van der Waals surface area contributed by atoms with Gasteiger partial charge in [0.15, 0.2) is 0 Å². The highest BCUT2D eigenvalue weighted by molar-refractivity contribution is 6.04. The summed E-state index contributed by atoms with van der Waals surface area (Å²) in [4.78, 5) is 29.8. The van der Waals surface area contributed by atoms with Gasteiger partial charge in [0.05, 0.1) is 11.9 Å². The lowest BCUT2D eigenvalue weighted by Crippen LogP contribution is -2.17. The fourth-order valence-corrected chi connectivity index (χ4v) is 3.07. The maximum Gasteiger partial charge on any atom is 0.274 e. The molecule has 0 radical (unpaired) electrons. The van der Waals surface area contributed by atoms with Gasteiger partial charge in [0, 0.05) is 35.4 Å². The zero-order valence-electron chi connectivity index (χ0n) is 15.0. The first-order chi connectivity index (χ1) is 14.0. The molecule has 7 nitrogen and oxygen atoms in total. The standard InChI is InChI=1S/C21H14FN5O2/c22-15-3-1-13(2-4-15)10-27-11-14(9-23)17-7-16(5-6-19(17)27)26-21(29)18-8-20(28)25-12-24-18/h1-8,11-12H,10H2,(H,26,29)(H,24,25,28). The van der Waals surface area contributed by atoms with Crippen molar-refractivity contribution in [3.63, 3.8) is 0 Å². The number of hydrogen-bond donors (Lipinski definition) is 2. The SMILES string of the molecule is N#Cc1cn(Cc2ccc(F)cc2)c2ccc(NC(=O)c3cc(=O)[nH]cn3)cc12. The van der Waals surface area contributed by atoms with E-state index in [-0.39, 0.29) is 11.5 Å². The maximum atomic E-state index is 13.1. The first kappa shape index (κ1) is 18.1. The van der Waals surface area contributed by atoms with Gasteiger partial charge in [0.2, 0.25) is 0 Å². The van der Waals surface area contributed by atoms with E-state index in [9.17, 15) is 19.2 Å². The van der Waals surface area contributed by atoms with Crippen molar-refractivity contribution in [2.24, 2.45) is 0 Å². The quantitative estimate of drug-likeness (QED) is 0.562. The van der Waals surface area contributed by atoms with Crippen molar-refractivity contribution < 1.29 is 9.18 Å². The molecule has 1 amide bonds. The van der Waals surface area contributed by atoms with Crippen LogP contribution in [0.2, 0.25) is 0 Å². The molecule has 8 heteroatoms. The van der Waals surface area contributed by atoms with E-state index in [1.165, 1.54) is 12.1 Å². The van der Waals surface area contributed by atoms with E-state index in [1.54, 1.807) is 36.5 Å². The minimum absolute atomic E-state index is 0.0109. The summed E-state index contributed by atoms with van der Waals surface area (Å²) in [5, 5.41) is 12.8. The summed E-state index contributed by atoms with van der Waals surface area (Å²) in [5.74, 6) is -0.834. The van der Waals surface area contributed by atoms with E-state index in [1.807, 2.05) is 4.57 Å². The van der Waals surface area contributed by atoms with Crippen molar-refractivity contribution in [3.05, 3.63) is 94.0 Å². The number of halogens is 1. The van der Waals surface area contributed by atoms with Gasteiger partial charge in [0.1, 0.15) is 17.6 Å². The predicted molar refractivity (Wildman–Crippen MR) is 105 cm³/mol. The van der Waals surface area contributed by atoms with Gasteiger partial charge < -0.3 is 14.9 Å². The lowest BCUT2D eigenvalue weighted by atomic mass is 10.1. The Morgan fingerprint density at radius 3 is 2.72 bits per heavy atom. The lowest BCUT2D eigenvalue weighted by molar-refractivity contribution is 0.102. The second kappa shape index (κ2) is 7.40. The Labute approximate surface area is 164 Å². The molecule has 29 heavy (non-hydrogen) atoms. The van der Waals surface area contributed by atoms with Crippen LogP contribution in [0.25, 0.3) is 10.9 Å². The second-order valence-electron chi connectivity index (χ2n) is 6.39. The molecule has 0 fully saturated rings. The van der Waals surface area contributed by atoms with Crippen LogP contribution in [0.5, 0.6) is 0 Å². The van der Waals surface area contributed by atoms with Gasteiger partial charge in [-0.3, -0.25) is 9.59 Å². The van der Waals surface area contributed by atoms with Crippen LogP contribution in [-0.2, 0) is 6.54 Å². The van der Waals surface area contributed by atoms with Crippen LogP contribution in [0.3, 0.4) is 0 Å². The number of anilines is 1. The summed E-state index contributed by atoms with van der Waals surface area (Å²) in [6.45, 7) is 0.473. The van der Waals surface area contributed by atoms with Crippen molar-refractivity contribution in [1.29, 1.82) is 5.26 Å². The number of H-pyrrole nitrogens is 1. The Hall–Kier alpha value is -4.25. The Kier molecular flexibility index (Phi) is 4.63. The Morgan fingerprint density at radius 1 is 1.21 bits per heavy atom. The topological polar surface area (TPSA) is 104 Å². The predicted octanol–water partition coefficient (Wildman–Crippen LogP) is 3.04. The molecule has 0 unspecified atom stereocenters. The van der Waals surface area contributed by atoms with Gasteiger partial charge in [-0.2, -0.15) is 5.26 Å². The Balaban J connectivity index is 1.65. The third kappa shape index (κ3) is 3.75. The number of benzene rings is 2. The summed E-state index contributed by atoms with van der Waals surface area (Å²) in [5.41, 5.74) is 2.19. The van der Waals surface area contributed by atoms with Crippen LogP contribution in [0.1, 0.15) is 21.6 Å². The van der Waals surface area contributed by atoms with E-state index in [4.69, 9.17) is 0 Å². The number of carbonyl (C=O) groups is 1. The molecule has 2 N–H and O–H groups in total. The number of carbonyl (C=O) groups excluding carboxylic acids is 1. The Morgan fingerprint density at radius 2 is 2.00 bits per heavy atom. The van der Waals surface area contributed by atoms with Gasteiger partial charge in [-0.1, -0.05) is 12.1 Å². The normalized spacial score (nSPS) is 10.6. The Bertz CT molecular complexity index is 1320. The van der Waals surface area contributed by atoms with Crippen molar-refractivity contribution in [2.75, 3.05) is 5.32 Å². The zero-order valence-corrected chi connectivity index (χ0v) is 15.0. The molecule has 0 atom stereocenters. The average molecular weight is 387 g/mol. The van der Waals surface area contributed by atoms with Crippen molar-refractivity contribution in [2.45, 2.75) is 6.54 Å². The van der Waals surface area contributed by atoms with Crippen LogP contribution in [0.4, 0.5) is 10.1 Å². The summed E-state index contributed by atoms with van der Waals surface area (Å²) < 4.78 is 15.0. The minimum Gasteiger partial charge on any atom is -0.342 e. The lowest BCUT2D eigenvalue weighted by Gasteiger charge is -2.08. The van der Waals surface area contributed by atoms with Gasteiger partial charge >= 0.3 is 0 Å². The van der Waals surface area contributed by atoms with Crippen molar-refractivity contribution in [1.82, 2.24) is 14.5 Å². The number of rotatable bonds is 4. The highest BCUT2D eigenvalue weighted by Gasteiger charge is 2.12. The first-order valence-electron chi connectivity index (χ1n) is 8.67. The van der Waals surface area contributed by atoms with Gasteiger partial charge in [-0.05, 0) is 35.9 Å². The molecule has 4 aromatic rings. The number of nitrogens with one attached hydrogen (secondary N) is 2. The largest absolute Gasteiger partial charge is 0.342 e. The average Bonchev–Trinajstić information content (AvgIpc) is 3.06. The molecule has 0 aliphatic rings. The van der Waals surface area contributed by atoms with E-state index < -0.39 is 11.5 Å². The van der Waals surface area contributed by atoms with Crippen LogP contribution in [-0.4, -0.2) is 20.4 Å². The first-order valence-corrected chi connectivity index (χ1v) is 8.67. The molecule has 4 rings (SSSR count). The summed E-state index contributed by atoms with van der Waals surface area (Å²) in [6.07, 6.45) is 2.88. The molecule has 2 aromatic carbocycles. The number of amides is 1. The second-order valence-corrected chi connectivity index (χ2v) is 6.39. The summed E-state index contributed by atoms with van der Waals surface area (Å²) >= 11 is 0. The summed E-state index contributed by atoms with van der Waals surface area (Å²) in [6, 6.07) is 14.6. The minimum atomic E-state index is -0.528. The van der Waals surface area contributed by atoms with E-state index in [0.717, 1.165) is 23.5 Å². The van der Waals surface area contributed by atoms with E-state index >= 15 is 0 Å². The molecule has 0 saturated carbocycles. The van der Waals surface area contributed by atoms with E-state index in [0.29, 0.717) is 23.2 Å². The molecular weight excluding hydrogens is 373 g/mol. The van der Waals surface area contributed by atoms with Crippen molar-refractivity contribution in [3.8, 4) is 6.07 Å². The monoisotopic (exact) mass is 387 g/mol. The van der Waals surface area contributed by atoms with Crippen LogP contribution >= 0.6 is 0 Å². The highest BCUT2D eigenvalue weighted by atomic mass is 19.1. The molecule has 0 aliphatic carbocycles. The van der Waals surface area contributed by atoms with Crippen LogP contribution in [0.15, 0.2) is 65.8 Å². The van der Waals surface area contributed by atoms with E-state index in [2.05, 4.69) is 21.4 Å². The molecule has 2 heterocycles. The molecule has 142 valence electrons. The number of aromatic amines is 1. The zero-order chi connectivity index (χ0) is 20.4. The third-order valence-electron chi connectivity index (χ3n) is 4.44. The number of fused-ring (bicyclic) bond motifs is 1. The smallest absolute Gasteiger partial charge is 0.274 e. The third-order valence-corrected chi connectivity index (χ3v) is 4.44. The molecular formula is C21H14FN5O2. The molecule has 0 spiro atoms.